The molecular formula is C11H14N2S. The van der Waals surface area contributed by atoms with Gasteiger partial charge in [0.1, 0.15) is 5.01 Å². The molecule has 1 saturated carbocycles. The molecule has 74 valence electrons. The maximum atomic E-state index is 8.92. The fourth-order valence-corrected chi connectivity index (χ4v) is 2.70. The first-order chi connectivity index (χ1) is 6.85. The van der Waals surface area contributed by atoms with Gasteiger partial charge in [-0.3, -0.25) is 0 Å². The van der Waals surface area contributed by atoms with Gasteiger partial charge in [-0.15, -0.1) is 11.3 Å². The van der Waals surface area contributed by atoms with Gasteiger partial charge < -0.3 is 0 Å². The second kappa shape index (κ2) is 4.10. The van der Waals surface area contributed by atoms with Gasteiger partial charge in [-0.05, 0) is 19.3 Å². The number of rotatable bonds is 3. The van der Waals surface area contributed by atoms with Crippen LogP contribution in [0.1, 0.15) is 55.1 Å². The Morgan fingerprint density at radius 1 is 1.71 bits per heavy atom. The van der Waals surface area contributed by atoms with E-state index in [1.54, 1.807) is 11.3 Å². The molecule has 3 heteroatoms. The summed E-state index contributed by atoms with van der Waals surface area (Å²) in [7, 11) is 0. The van der Waals surface area contributed by atoms with Crippen molar-refractivity contribution >= 4 is 11.3 Å². The van der Waals surface area contributed by atoms with E-state index in [4.69, 9.17) is 5.26 Å². The normalized spacial score (nSPS) is 18.6. The van der Waals surface area contributed by atoms with E-state index >= 15 is 0 Å². The maximum Gasteiger partial charge on any atom is 0.110 e. The van der Waals surface area contributed by atoms with Crippen LogP contribution in [0.15, 0.2) is 5.38 Å². The average Bonchev–Trinajstić information content (AvgIpc) is 2.53. The summed E-state index contributed by atoms with van der Waals surface area (Å²) in [6, 6.07) is 2.30. The first-order valence-electron chi connectivity index (χ1n) is 5.20. The average molecular weight is 206 g/mol. The van der Waals surface area contributed by atoms with E-state index in [0.717, 1.165) is 11.4 Å². The minimum atomic E-state index is 0.00817. The van der Waals surface area contributed by atoms with Crippen LogP contribution >= 0.6 is 11.3 Å². The van der Waals surface area contributed by atoms with Crippen LogP contribution in [0.2, 0.25) is 0 Å². The predicted octanol–water partition coefficient (Wildman–Crippen LogP) is 3.43. The minimum absolute atomic E-state index is 0.00817. The molecule has 14 heavy (non-hydrogen) atoms. The standard InChI is InChI=1S/C11H14N2S/c1-2-8(6-12)11-13-10(7-14-11)9-4-3-5-9/h7-9H,2-5H2,1H3. The molecule has 1 heterocycles. The zero-order chi connectivity index (χ0) is 9.97. The van der Waals surface area contributed by atoms with Crippen molar-refractivity contribution in [1.29, 1.82) is 5.26 Å². The zero-order valence-corrected chi connectivity index (χ0v) is 9.18. The quantitative estimate of drug-likeness (QED) is 0.759. The van der Waals surface area contributed by atoms with Crippen LogP contribution < -0.4 is 0 Å². The molecule has 0 N–H and O–H groups in total. The lowest BCUT2D eigenvalue weighted by Crippen LogP contribution is -2.09. The number of thiazole rings is 1. The molecule has 1 aliphatic rings. The van der Waals surface area contributed by atoms with E-state index in [1.165, 1.54) is 25.0 Å². The van der Waals surface area contributed by atoms with Gasteiger partial charge in [-0.1, -0.05) is 13.3 Å². The first-order valence-corrected chi connectivity index (χ1v) is 6.08. The smallest absolute Gasteiger partial charge is 0.110 e. The highest BCUT2D eigenvalue weighted by molar-refractivity contribution is 7.09. The van der Waals surface area contributed by atoms with Crippen LogP contribution in [0.5, 0.6) is 0 Å². The largest absolute Gasteiger partial charge is 0.245 e. The topological polar surface area (TPSA) is 36.7 Å². The Morgan fingerprint density at radius 2 is 2.50 bits per heavy atom. The van der Waals surface area contributed by atoms with E-state index in [1.807, 2.05) is 6.92 Å². The second-order valence-corrected chi connectivity index (χ2v) is 4.72. The lowest BCUT2D eigenvalue weighted by Gasteiger charge is -2.23. The van der Waals surface area contributed by atoms with Gasteiger partial charge in [0.2, 0.25) is 0 Å². The van der Waals surface area contributed by atoms with Gasteiger partial charge in [0.05, 0.1) is 17.7 Å². The molecule has 0 saturated heterocycles. The maximum absolute atomic E-state index is 8.92. The molecule has 1 atom stereocenters. The van der Waals surface area contributed by atoms with Crippen LogP contribution in [0.25, 0.3) is 0 Å². The highest BCUT2D eigenvalue weighted by Gasteiger charge is 2.23. The lowest BCUT2D eigenvalue weighted by atomic mass is 9.83. The van der Waals surface area contributed by atoms with Crippen molar-refractivity contribution < 1.29 is 0 Å². The molecule has 0 spiro atoms. The number of hydrogen-bond acceptors (Lipinski definition) is 3. The molecule has 1 aromatic heterocycles. The third-order valence-corrected chi connectivity index (χ3v) is 3.90. The highest BCUT2D eigenvalue weighted by atomic mass is 32.1. The molecule has 1 aromatic rings. The fraction of sp³-hybridized carbons (Fsp3) is 0.636. The van der Waals surface area contributed by atoms with Gasteiger partial charge >= 0.3 is 0 Å². The number of nitriles is 1. The van der Waals surface area contributed by atoms with E-state index in [0.29, 0.717) is 5.92 Å². The lowest BCUT2D eigenvalue weighted by molar-refractivity contribution is 0.412. The van der Waals surface area contributed by atoms with Crippen molar-refractivity contribution in [2.75, 3.05) is 0 Å². The molecule has 0 aromatic carbocycles. The van der Waals surface area contributed by atoms with Crippen LogP contribution in [-0.2, 0) is 0 Å². The van der Waals surface area contributed by atoms with Crippen LogP contribution in [0, 0.1) is 11.3 Å². The minimum Gasteiger partial charge on any atom is -0.245 e. The van der Waals surface area contributed by atoms with E-state index in [-0.39, 0.29) is 5.92 Å². The van der Waals surface area contributed by atoms with Crippen molar-refractivity contribution in [2.24, 2.45) is 0 Å². The van der Waals surface area contributed by atoms with Gasteiger partial charge in [0, 0.05) is 11.3 Å². The van der Waals surface area contributed by atoms with Crippen molar-refractivity contribution in [3.8, 4) is 6.07 Å². The summed E-state index contributed by atoms with van der Waals surface area (Å²) < 4.78 is 0. The summed E-state index contributed by atoms with van der Waals surface area (Å²) >= 11 is 1.65. The summed E-state index contributed by atoms with van der Waals surface area (Å²) in [5.74, 6) is 0.699. The third-order valence-electron chi connectivity index (χ3n) is 2.93. The Balaban J connectivity index is 2.12. The molecule has 1 fully saturated rings. The Bertz CT molecular complexity index is 346. The Kier molecular flexibility index (Phi) is 2.83. The van der Waals surface area contributed by atoms with E-state index < -0.39 is 0 Å². The van der Waals surface area contributed by atoms with E-state index in [2.05, 4.69) is 16.4 Å². The van der Waals surface area contributed by atoms with Crippen molar-refractivity contribution in [3.63, 3.8) is 0 Å². The summed E-state index contributed by atoms with van der Waals surface area (Å²) in [6.07, 6.45) is 4.78. The van der Waals surface area contributed by atoms with Gasteiger partial charge in [-0.25, -0.2) is 4.98 Å². The molecule has 2 rings (SSSR count). The van der Waals surface area contributed by atoms with Crippen molar-refractivity contribution in [3.05, 3.63) is 16.1 Å². The summed E-state index contributed by atoms with van der Waals surface area (Å²) in [6.45, 7) is 2.04. The van der Waals surface area contributed by atoms with Gasteiger partial charge in [0.25, 0.3) is 0 Å². The first kappa shape index (κ1) is 9.67. The zero-order valence-electron chi connectivity index (χ0n) is 8.36. The Morgan fingerprint density at radius 3 is 3.00 bits per heavy atom. The molecule has 0 amide bonds. The summed E-state index contributed by atoms with van der Waals surface area (Å²) in [5, 5.41) is 12.1. The Hall–Kier alpha value is -0.880. The fourth-order valence-electron chi connectivity index (χ4n) is 1.67. The second-order valence-electron chi connectivity index (χ2n) is 3.83. The van der Waals surface area contributed by atoms with Gasteiger partial charge in [0.15, 0.2) is 0 Å². The number of hydrogen-bond donors (Lipinski definition) is 0. The van der Waals surface area contributed by atoms with Gasteiger partial charge in [-0.2, -0.15) is 5.26 Å². The van der Waals surface area contributed by atoms with Crippen LogP contribution in [0.3, 0.4) is 0 Å². The number of aromatic nitrogens is 1. The molecule has 0 radical (unpaired) electrons. The Labute approximate surface area is 88.6 Å². The molecule has 0 aliphatic heterocycles. The summed E-state index contributed by atoms with van der Waals surface area (Å²) in [4.78, 5) is 4.57. The summed E-state index contributed by atoms with van der Waals surface area (Å²) in [5.41, 5.74) is 1.23. The highest BCUT2D eigenvalue weighted by Crippen LogP contribution is 2.37. The monoisotopic (exact) mass is 206 g/mol. The SMILES string of the molecule is CCC(C#N)c1nc(C2CCC2)cs1. The molecule has 0 bridgehead atoms. The molecule has 1 unspecified atom stereocenters. The molecular weight excluding hydrogens is 192 g/mol. The number of nitrogens with zero attached hydrogens (tertiary/aromatic N) is 2. The van der Waals surface area contributed by atoms with Crippen molar-refractivity contribution in [2.45, 2.75) is 44.4 Å². The van der Waals surface area contributed by atoms with Crippen LogP contribution in [-0.4, -0.2) is 4.98 Å². The van der Waals surface area contributed by atoms with E-state index in [9.17, 15) is 0 Å². The molecule has 2 nitrogen and oxygen atoms in total. The van der Waals surface area contributed by atoms with Crippen LogP contribution in [0.4, 0.5) is 0 Å². The predicted molar refractivity (Wildman–Crippen MR) is 57.4 cm³/mol. The third kappa shape index (κ3) is 1.67. The molecule has 1 aliphatic carbocycles. The van der Waals surface area contributed by atoms with Crippen molar-refractivity contribution in [1.82, 2.24) is 4.98 Å².